The number of carboxylic acid groups (broad SMARTS) is 2. The Balaban J connectivity index is 0. The zero-order valence-electron chi connectivity index (χ0n) is 4.27. The van der Waals surface area contributed by atoms with Crippen molar-refractivity contribution < 1.29 is 40.9 Å². The Bertz CT molecular complexity index is 124. The number of carboxylic acids is 2. The minimum Gasteiger partial charge on any atom is -0.478 e. The van der Waals surface area contributed by atoms with Crippen LogP contribution in [0.3, 0.4) is 0 Å². The minimum atomic E-state index is -1.26. The van der Waals surface area contributed by atoms with Crippen molar-refractivity contribution in [2.24, 2.45) is 0 Å². The Hall–Kier alpha value is -0.632. The van der Waals surface area contributed by atoms with Crippen LogP contribution in [0.2, 0.25) is 0 Å². The van der Waals surface area contributed by atoms with Gasteiger partial charge in [-0.15, -0.1) is 0 Å². The van der Waals surface area contributed by atoms with Crippen LogP contribution < -0.4 is 0 Å². The summed E-state index contributed by atoms with van der Waals surface area (Å²) in [5, 5.41) is 15.6. The molecule has 0 aromatic carbocycles. The SMILES string of the molecule is O=C(O)/C=C\C(=O)O.[Mo]. The molecule has 0 unspecified atom stereocenters. The number of carbonyl (C=O) groups is 2. The average molecular weight is 212 g/mol. The second kappa shape index (κ2) is 5.50. The summed E-state index contributed by atoms with van der Waals surface area (Å²) in [6.45, 7) is 0. The van der Waals surface area contributed by atoms with Gasteiger partial charge in [-0.25, -0.2) is 9.59 Å². The van der Waals surface area contributed by atoms with Gasteiger partial charge in [-0.3, -0.25) is 0 Å². The van der Waals surface area contributed by atoms with Crippen molar-refractivity contribution in [2.75, 3.05) is 0 Å². The maximum atomic E-state index is 9.55. The molecule has 0 aliphatic heterocycles. The van der Waals surface area contributed by atoms with E-state index in [4.69, 9.17) is 10.2 Å². The molecule has 50 valence electrons. The van der Waals surface area contributed by atoms with E-state index < -0.39 is 11.9 Å². The summed E-state index contributed by atoms with van der Waals surface area (Å²) in [6, 6.07) is 0. The molecule has 0 aromatic heterocycles. The van der Waals surface area contributed by atoms with Crippen molar-refractivity contribution >= 4 is 11.9 Å². The van der Waals surface area contributed by atoms with Gasteiger partial charge in [0.15, 0.2) is 0 Å². The summed E-state index contributed by atoms with van der Waals surface area (Å²) in [6.07, 6.45) is 1.12. The van der Waals surface area contributed by atoms with Crippen LogP contribution in [0.5, 0.6) is 0 Å². The van der Waals surface area contributed by atoms with Crippen LogP contribution in [0.1, 0.15) is 0 Å². The zero-order chi connectivity index (χ0) is 6.57. The normalized spacial score (nSPS) is 8.44. The van der Waals surface area contributed by atoms with Crippen molar-refractivity contribution in [3.05, 3.63) is 12.2 Å². The second-order valence-corrected chi connectivity index (χ2v) is 1.01. The predicted molar refractivity (Wildman–Crippen MR) is 24.4 cm³/mol. The van der Waals surface area contributed by atoms with Crippen LogP contribution >= 0.6 is 0 Å². The predicted octanol–water partition coefficient (Wildman–Crippen LogP) is -0.291. The van der Waals surface area contributed by atoms with Crippen LogP contribution in [0.25, 0.3) is 0 Å². The van der Waals surface area contributed by atoms with Crippen LogP contribution in [0, 0.1) is 0 Å². The number of rotatable bonds is 2. The molecule has 9 heavy (non-hydrogen) atoms. The summed E-state index contributed by atoms with van der Waals surface area (Å²) in [5.74, 6) is -2.51. The van der Waals surface area contributed by atoms with E-state index in [-0.39, 0.29) is 21.1 Å². The van der Waals surface area contributed by atoms with Crippen molar-refractivity contribution in [1.82, 2.24) is 0 Å². The van der Waals surface area contributed by atoms with E-state index in [9.17, 15) is 9.59 Å². The van der Waals surface area contributed by atoms with Crippen LogP contribution in [0.15, 0.2) is 12.2 Å². The molecule has 0 aromatic rings. The standard InChI is InChI=1S/C4H4O4.Mo/c5-3(6)1-2-4(7)8;/h1-2H,(H,5,6)(H,7,8);/b2-1-;. The van der Waals surface area contributed by atoms with E-state index in [0.29, 0.717) is 12.2 Å². The largest absolute Gasteiger partial charge is 0.478 e. The van der Waals surface area contributed by atoms with Crippen LogP contribution in [-0.2, 0) is 30.7 Å². The fraction of sp³-hybridized carbons (Fsp3) is 0. The molecule has 4 nitrogen and oxygen atoms in total. The van der Waals surface area contributed by atoms with Gasteiger partial charge in [0.05, 0.1) is 0 Å². The third-order valence-corrected chi connectivity index (χ3v) is 0.368. The maximum absolute atomic E-state index is 9.55. The smallest absolute Gasteiger partial charge is 0.328 e. The third-order valence-electron chi connectivity index (χ3n) is 0.368. The second-order valence-electron chi connectivity index (χ2n) is 1.01. The van der Waals surface area contributed by atoms with E-state index >= 15 is 0 Å². The van der Waals surface area contributed by atoms with Gasteiger partial charge in [0.25, 0.3) is 0 Å². The van der Waals surface area contributed by atoms with Gasteiger partial charge < -0.3 is 10.2 Å². The summed E-state index contributed by atoms with van der Waals surface area (Å²) >= 11 is 0. The van der Waals surface area contributed by atoms with Crippen molar-refractivity contribution in [3.63, 3.8) is 0 Å². The molecule has 0 atom stereocenters. The molecule has 0 saturated heterocycles. The quantitative estimate of drug-likeness (QED) is 0.487. The van der Waals surface area contributed by atoms with E-state index in [1.54, 1.807) is 0 Å². The van der Waals surface area contributed by atoms with Gasteiger partial charge in [0.2, 0.25) is 0 Å². The first-order chi connectivity index (χ1) is 3.63. The van der Waals surface area contributed by atoms with E-state index in [1.165, 1.54) is 0 Å². The Morgan fingerprint density at radius 3 is 1.33 bits per heavy atom. The molecule has 0 heterocycles. The number of hydrogen-bond donors (Lipinski definition) is 2. The third kappa shape index (κ3) is 11.1. The van der Waals surface area contributed by atoms with Crippen molar-refractivity contribution in [2.45, 2.75) is 0 Å². The Morgan fingerprint density at radius 2 is 1.22 bits per heavy atom. The first-order valence-corrected chi connectivity index (χ1v) is 1.77. The molecule has 0 radical (unpaired) electrons. The molecular formula is C4H4MoO4. The molecule has 0 bridgehead atoms. The van der Waals surface area contributed by atoms with Gasteiger partial charge in [-0.2, -0.15) is 0 Å². The monoisotopic (exact) mass is 214 g/mol. The molecule has 0 aliphatic carbocycles. The molecule has 0 spiro atoms. The fourth-order valence-electron chi connectivity index (χ4n) is 0.143. The van der Waals surface area contributed by atoms with E-state index in [1.807, 2.05) is 0 Å². The first kappa shape index (κ1) is 11.2. The van der Waals surface area contributed by atoms with Gasteiger partial charge in [0.1, 0.15) is 0 Å². The Labute approximate surface area is 65.4 Å². The zero-order valence-corrected chi connectivity index (χ0v) is 6.28. The number of hydrogen-bond acceptors (Lipinski definition) is 2. The summed E-state index contributed by atoms with van der Waals surface area (Å²) in [7, 11) is 0. The molecule has 2 N–H and O–H groups in total. The molecular weight excluding hydrogens is 208 g/mol. The molecule has 0 saturated carbocycles. The molecule has 0 aliphatic rings. The van der Waals surface area contributed by atoms with Gasteiger partial charge >= 0.3 is 11.9 Å². The fourth-order valence-corrected chi connectivity index (χ4v) is 0.143. The van der Waals surface area contributed by atoms with Gasteiger partial charge in [-0.1, -0.05) is 0 Å². The van der Waals surface area contributed by atoms with Crippen LogP contribution in [0.4, 0.5) is 0 Å². The Kier molecular flexibility index (Phi) is 6.85. The van der Waals surface area contributed by atoms with Crippen LogP contribution in [-0.4, -0.2) is 22.2 Å². The molecule has 0 rings (SSSR count). The van der Waals surface area contributed by atoms with Crippen molar-refractivity contribution in [1.29, 1.82) is 0 Å². The summed E-state index contributed by atoms with van der Waals surface area (Å²) in [5.41, 5.74) is 0. The first-order valence-electron chi connectivity index (χ1n) is 1.77. The van der Waals surface area contributed by atoms with E-state index in [0.717, 1.165) is 0 Å². The van der Waals surface area contributed by atoms with Gasteiger partial charge in [-0.05, 0) is 0 Å². The number of aliphatic carboxylic acids is 2. The van der Waals surface area contributed by atoms with Crippen molar-refractivity contribution in [3.8, 4) is 0 Å². The summed E-state index contributed by atoms with van der Waals surface area (Å²) < 4.78 is 0. The average Bonchev–Trinajstić information content (AvgIpc) is 1.61. The van der Waals surface area contributed by atoms with Gasteiger partial charge in [0, 0.05) is 33.2 Å². The topological polar surface area (TPSA) is 74.6 Å². The molecule has 0 fully saturated rings. The molecule has 5 heteroatoms. The Morgan fingerprint density at radius 1 is 1.00 bits per heavy atom. The van der Waals surface area contributed by atoms with E-state index in [2.05, 4.69) is 0 Å². The molecule has 0 amide bonds. The summed E-state index contributed by atoms with van der Waals surface area (Å²) in [4.78, 5) is 19.1. The minimum absolute atomic E-state index is 0. The maximum Gasteiger partial charge on any atom is 0.328 e.